The van der Waals surface area contributed by atoms with Gasteiger partial charge in [0, 0.05) is 32.5 Å². The maximum atomic E-state index is 4.59. The smallest absolute Gasteiger partial charge is 0.0192 e. The van der Waals surface area contributed by atoms with Crippen LogP contribution in [0.15, 0.2) is 122 Å². The number of benzene rings is 5. The van der Waals surface area contributed by atoms with Crippen LogP contribution in [0.5, 0.6) is 0 Å². The normalized spacial score (nSPS) is 11.1. The Morgan fingerprint density at radius 3 is 1.89 bits per heavy atom. The minimum atomic E-state index is 0. The van der Waals surface area contributed by atoms with E-state index in [1.807, 2.05) is 18.5 Å². The largest absolute Gasteiger partial charge is 0.305 e. The minimum absolute atomic E-state index is 0. The summed E-state index contributed by atoms with van der Waals surface area (Å²) in [6.07, 6.45) is 3.81. The maximum absolute atomic E-state index is 4.59. The van der Waals surface area contributed by atoms with E-state index in [4.69, 9.17) is 0 Å². The Morgan fingerprint density at radius 1 is 0.587 bits per heavy atom. The van der Waals surface area contributed by atoms with Crippen molar-refractivity contribution in [3.8, 4) is 33.6 Å². The maximum Gasteiger partial charge on any atom is 0.0192 e. The molecule has 1 radical (unpaired) electrons. The molecule has 7 rings (SSSR count). The van der Waals surface area contributed by atoms with Crippen LogP contribution in [-0.2, 0) is 25.5 Å². The fourth-order valence-electron chi connectivity index (χ4n) is 5.52. The van der Waals surface area contributed by atoms with Gasteiger partial charge < -0.3 is 9.97 Å². The molecule has 231 valence electrons. The standard InChI is InChI=1S/C29H24N.C14H14N.Ir/c1-29(2,3)23-16-17-30-28(19-23)21-14-12-20(13-15-21)27-18-22-8-4-5-9-24(22)25-10-6-7-11-26(25)27;1-10-4-6-13(7-5-10)14-8-11(2)12(3)9-15-14;/h4-14,16-19H,1-3H3;4-6,8-9H,1-3H3;/q2*-1;. The molecule has 0 aliphatic heterocycles. The van der Waals surface area contributed by atoms with Crippen LogP contribution in [0.4, 0.5) is 0 Å². The molecule has 0 fully saturated rings. The molecule has 2 aromatic heterocycles. The monoisotopic (exact) mass is 775 g/mol. The van der Waals surface area contributed by atoms with Gasteiger partial charge in [-0.1, -0.05) is 111 Å². The van der Waals surface area contributed by atoms with Gasteiger partial charge in [-0.25, -0.2) is 0 Å². The van der Waals surface area contributed by atoms with E-state index >= 15 is 0 Å². The average Bonchev–Trinajstić information content (AvgIpc) is 3.06. The van der Waals surface area contributed by atoms with Gasteiger partial charge in [-0.05, 0) is 69.4 Å². The molecule has 46 heavy (non-hydrogen) atoms. The van der Waals surface area contributed by atoms with Gasteiger partial charge >= 0.3 is 0 Å². The first-order valence-corrected chi connectivity index (χ1v) is 15.5. The Kier molecular flexibility index (Phi) is 9.97. The SMILES string of the molecule is CC(C)(C)c1ccnc(-c2[c-]cc(-c3cc4ccccc4c4ccccc34)cc2)c1.Cc1c[c-]c(-c2cc(C)c(C)cn2)cc1.[Ir]. The van der Waals surface area contributed by atoms with Crippen LogP contribution in [0, 0.1) is 32.9 Å². The summed E-state index contributed by atoms with van der Waals surface area (Å²) in [6, 6.07) is 45.2. The van der Waals surface area contributed by atoms with E-state index in [2.05, 4.69) is 167 Å². The summed E-state index contributed by atoms with van der Waals surface area (Å²) in [4.78, 5) is 8.99. The predicted octanol–water partition coefficient (Wildman–Crippen LogP) is 11.3. The molecule has 0 aliphatic carbocycles. The Balaban J connectivity index is 0.000000220. The molecule has 5 aromatic carbocycles. The van der Waals surface area contributed by atoms with Crippen LogP contribution in [0.2, 0.25) is 0 Å². The minimum Gasteiger partial charge on any atom is -0.305 e. The molecular formula is C43H38IrN2-2. The van der Waals surface area contributed by atoms with Crippen molar-refractivity contribution in [3.63, 3.8) is 0 Å². The molecule has 2 nitrogen and oxygen atoms in total. The molecule has 2 heterocycles. The van der Waals surface area contributed by atoms with Crippen molar-refractivity contribution in [2.24, 2.45) is 0 Å². The molecular weight excluding hydrogens is 737 g/mol. The fourth-order valence-corrected chi connectivity index (χ4v) is 5.52. The van der Waals surface area contributed by atoms with Gasteiger partial charge in [0.1, 0.15) is 0 Å². The van der Waals surface area contributed by atoms with Crippen molar-refractivity contribution >= 4 is 21.5 Å². The van der Waals surface area contributed by atoms with Crippen molar-refractivity contribution in [2.45, 2.75) is 47.0 Å². The van der Waals surface area contributed by atoms with E-state index in [1.165, 1.54) is 54.9 Å². The number of hydrogen-bond acceptors (Lipinski definition) is 2. The third kappa shape index (κ3) is 7.18. The number of pyridine rings is 2. The van der Waals surface area contributed by atoms with Crippen LogP contribution < -0.4 is 0 Å². The van der Waals surface area contributed by atoms with Gasteiger partial charge in [-0.2, -0.15) is 0 Å². The Morgan fingerprint density at radius 2 is 1.24 bits per heavy atom. The summed E-state index contributed by atoms with van der Waals surface area (Å²) in [5, 5.41) is 5.11. The summed E-state index contributed by atoms with van der Waals surface area (Å²) in [7, 11) is 0. The number of rotatable bonds is 3. The van der Waals surface area contributed by atoms with Crippen molar-refractivity contribution in [2.75, 3.05) is 0 Å². The molecule has 0 amide bonds. The predicted molar refractivity (Wildman–Crippen MR) is 190 cm³/mol. The molecule has 7 aromatic rings. The van der Waals surface area contributed by atoms with E-state index in [0.29, 0.717) is 0 Å². The van der Waals surface area contributed by atoms with Gasteiger partial charge in [0.2, 0.25) is 0 Å². The molecule has 0 aliphatic rings. The number of aromatic nitrogens is 2. The summed E-state index contributed by atoms with van der Waals surface area (Å²) < 4.78 is 0. The van der Waals surface area contributed by atoms with Gasteiger partial charge in [0.15, 0.2) is 0 Å². The van der Waals surface area contributed by atoms with E-state index in [0.717, 1.165) is 22.5 Å². The first-order chi connectivity index (χ1) is 21.7. The fraction of sp³-hybridized carbons (Fsp3) is 0.163. The van der Waals surface area contributed by atoms with Gasteiger partial charge in [-0.15, -0.1) is 65.2 Å². The Hall–Kier alpha value is -4.43. The number of fused-ring (bicyclic) bond motifs is 3. The van der Waals surface area contributed by atoms with Gasteiger partial charge in [0.25, 0.3) is 0 Å². The van der Waals surface area contributed by atoms with Crippen LogP contribution in [0.1, 0.15) is 43.0 Å². The third-order valence-electron chi connectivity index (χ3n) is 8.41. The molecule has 0 spiro atoms. The van der Waals surface area contributed by atoms with Crippen molar-refractivity contribution in [1.82, 2.24) is 9.97 Å². The zero-order valence-electron chi connectivity index (χ0n) is 27.3. The average molecular weight is 775 g/mol. The zero-order valence-corrected chi connectivity index (χ0v) is 29.7. The topological polar surface area (TPSA) is 25.8 Å². The van der Waals surface area contributed by atoms with Gasteiger partial charge in [0.05, 0.1) is 0 Å². The van der Waals surface area contributed by atoms with Crippen LogP contribution in [0.3, 0.4) is 0 Å². The van der Waals surface area contributed by atoms with Crippen molar-refractivity contribution < 1.29 is 20.1 Å². The quantitative estimate of drug-likeness (QED) is 0.132. The molecule has 0 atom stereocenters. The van der Waals surface area contributed by atoms with E-state index in [-0.39, 0.29) is 25.5 Å². The summed E-state index contributed by atoms with van der Waals surface area (Å²) in [5.41, 5.74) is 11.6. The number of hydrogen-bond donors (Lipinski definition) is 0. The van der Waals surface area contributed by atoms with E-state index in [9.17, 15) is 0 Å². The first kappa shape index (κ1) is 32.9. The number of nitrogens with zero attached hydrogens (tertiary/aromatic N) is 2. The van der Waals surface area contributed by atoms with E-state index < -0.39 is 0 Å². The Labute approximate surface area is 287 Å². The van der Waals surface area contributed by atoms with Crippen LogP contribution in [-0.4, -0.2) is 9.97 Å². The zero-order chi connectivity index (χ0) is 31.6. The van der Waals surface area contributed by atoms with E-state index in [1.54, 1.807) is 0 Å². The van der Waals surface area contributed by atoms with Crippen molar-refractivity contribution in [3.05, 3.63) is 156 Å². The summed E-state index contributed by atoms with van der Waals surface area (Å²) in [6.45, 7) is 12.9. The summed E-state index contributed by atoms with van der Waals surface area (Å²) >= 11 is 0. The van der Waals surface area contributed by atoms with Crippen LogP contribution >= 0.6 is 0 Å². The van der Waals surface area contributed by atoms with Crippen LogP contribution in [0.25, 0.3) is 55.2 Å². The second kappa shape index (κ2) is 13.9. The summed E-state index contributed by atoms with van der Waals surface area (Å²) in [5.74, 6) is 0. The molecule has 0 saturated heterocycles. The molecule has 0 unspecified atom stereocenters. The molecule has 0 saturated carbocycles. The second-order valence-corrected chi connectivity index (χ2v) is 12.8. The molecule has 0 N–H and O–H groups in total. The number of aryl methyl sites for hydroxylation is 3. The molecule has 3 heteroatoms. The Bertz CT molecular complexity index is 2100. The molecule has 0 bridgehead atoms. The third-order valence-corrected chi connectivity index (χ3v) is 8.41. The van der Waals surface area contributed by atoms with Gasteiger partial charge in [-0.3, -0.25) is 0 Å². The first-order valence-electron chi connectivity index (χ1n) is 15.5. The second-order valence-electron chi connectivity index (χ2n) is 12.8. The van der Waals surface area contributed by atoms with Crippen molar-refractivity contribution in [1.29, 1.82) is 0 Å².